The quantitative estimate of drug-likeness (QED) is 0.645. The number of fused-ring (bicyclic) bond motifs is 1. The van der Waals surface area contributed by atoms with Gasteiger partial charge in [-0.1, -0.05) is 42.5 Å². The maximum absolute atomic E-state index is 12.3. The summed E-state index contributed by atoms with van der Waals surface area (Å²) in [6, 6.07) is 19.4. The lowest BCUT2D eigenvalue weighted by Gasteiger charge is -2.11. The highest BCUT2D eigenvalue weighted by Crippen LogP contribution is 2.30. The molecule has 0 saturated heterocycles. The number of carbonyl (C=O) groups is 1. The van der Waals surface area contributed by atoms with Gasteiger partial charge in [0.1, 0.15) is 0 Å². The van der Waals surface area contributed by atoms with Crippen LogP contribution >= 0.6 is 0 Å². The first-order valence-electron chi connectivity index (χ1n) is 8.49. The van der Waals surface area contributed by atoms with Crippen LogP contribution in [0.5, 0.6) is 11.5 Å². The van der Waals surface area contributed by atoms with Gasteiger partial charge in [0, 0.05) is 17.8 Å². The minimum atomic E-state index is -0.204. The number of anilines is 1. The van der Waals surface area contributed by atoms with Crippen LogP contribution in [0.4, 0.5) is 5.69 Å². The molecule has 0 unspecified atom stereocenters. The van der Waals surface area contributed by atoms with Crippen LogP contribution in [0, 0.1) is 0 Å². The zero-order valence-corrected chi connectivity index (χ0v) is 14.9. The van der Waals surface area contributed by atoms with Crippen LogP contribution < -0.4 is 14.8 Å². The van der Waals surface area contributed by atoms with Gasteiger partial charge < -0.3 is 14.8 Å². The third-order valence-electron chi connectivity index (χ3n) is 3.97. The fraction of sp³-hybridized carbons (Fsp3) is 0.136. The molecule has 26 heavy (non-hydrogen) atoms. The fourth-order valence-corrected chi connectivity index (χ4v) is 2.77. The van der Waals surface area contributed by atoms with Crippen molar-refractivity contribution in [3.63, 3.8) is 0 Å². The molecule has 3 aromatic carbocycles. The summed E-state index contributed by atoms with van der Waals surface area (Å²) in [6.07, 6.45) is 3.36. The Labute approximate surface area is 153 Å². The van der Waals surface area contributed by atoms with E-state index in [0.717, 1.165) is 16.3 Å². The Morgan fingerprint density at radius 1 is 1.04 bits per heavy atom. The van der Waals surface area contributed by atoms with E-state index in [1.807, 2.05) is 43.3 Å². The van der Waals surface area contributed by atoms with E-state index in [9.17, 15) is 4.79 Å². The Morgan fingerprint density at radius 2 is 1.85 bits per heavy atom. The van der Waals surface area contributed by atoms with E-state index in [-0.39, 0.29) is 5.91 Å². The summed E-state index contributed by atoms with van der Waals surface area (Å²) in [7, 11) is 1.57. The maximum Gasteiger partial charge on any atom is 0.248 e. The third-order valence-corrected chi connectivity index (χ3v) is 3.97. The highest BCUT2D eigenvalue weighted by atomic mass is 16.5. The van der Waals surface area contributed by atoms with Crippen molar-refractivity contribution in [2.75, 3.05) is 19.0 Å². The Morgan fingerprint density at radius 3 is 2.65 bits per heavy atom. The van der Waals surface area contributed by atoms with Crippen molar-refractivity contribution >= 4 is 28.4 Å². The van der Waals surface area contributed by atoms with Gasteiger partial charge in [-0.2, -0.15) is 0 Å². The van der Waals surface area contributed by atoms with Gasteiger partial charge in [0.15, 0.2) is 11.5 Å². The SMILES string of the molecule is CCOc1ccc(NC(=O)/C=C/c2cccc3ccccc23)cc1OC. The van der Waals surface area contributed by atoms with Gasteiger partial charge in [0.2, 0.25) is 5.91 Å². The number of ether oxygens (including phenoxy) is 2. The van der Waals surface area contributed by atoms with E-state index >= 15 is 0 Å². The molecule has 0 aliphatic rings. The summed E-state index contributed by atoms with van der Waals surface area (Å²) in [5.74, 6) is 1.03. The van der Waals surface area contributed by atoms with Crippen LogP contribution in [0.3, 0.4) is 0 Å². The normalized spacial score (nSPS) is 10.8. The molecule has 3 aromatic rings. The van der Waals surface area contributed by atoms with Gasteiger partial charge in [-0.3, -0.25) is 4.79 Å². The molecular formula is C22H21NO3. The van der Waals surface area contributed by atoms with E-state index < -0.39 is 0 Å². The molecule has 4 heteroatoms. The molecule has 0 aliphatic heterocycles. The van der Waals surface area contributed by atoms with Gasteiger partial charge in [0.05, 0.1) is 13.7 Å². The van der Waals surface area contributed by atoms with E-state index in [4.69, 9.17) is 9.47 Å². The van der Waals surface area contributed by atoms with Crippen LogP contribution in [0.15, 0.2) is 66.7 Å². The Balaban J connectivity index is 1.75. The van der Waals surface area contributed by atoms with Crippen LogP contribution in [0.2, 0.25) is 0 Å². The van der Waals surface area contributed by atoms with Crippen molar-refractivity contribution in [3.8, 4) is 11.5 Å². The number of benzene rings is 3. The maximum atomic E-state index is 12.3. The summed E-state index contributed by atoms with van der Waals surface area (Å²) in [4.78, 5) is 12.3. The number of rotatable bonds is 6. The molecule has 0 spiro atoms. The van der Waals surface area contributed by atoms with Crippen molar-refractivity contribution in [1.29, 1.82) is 0 Å². The third kappa shape index (κ3) is 4.03. The largest absolute Gasteiger partial charge is 0.493 e. The molecule has 1 amide bonds. The van der Waals surface area contributed by atoms with Crippen molar-refractivity contribution in [2.45, 2.75) is 6.92 Å². The molecule has 0 radical (unpaired) electrons. The molecule has 0 aliphatic carbocycles. The lowest BCUT2D eigenvalue weighted by atomic mass is 10.0. The van der Waals surface area contributed by atoms with Crippen LogP contribution in [-0.2, 0) is 4.79 Å². The molecule has 0 saturated carbocycles. The number of hydrogen-bond acceptors (Lipinski definition) is 3. The second-order valence-electron chi connectivity index (χ2n) is 5.69. The Kier molecular flexibility index (Phi) is 5.54. The van der Waals surface area contributed by atoms with E-state index in [0.29, 0.717) is 23.8 Å². The minimum absolute atomic E-state index is 0.204. The molecule has 0 heterocycles. The van der Waals surface area contributed by atoms with E-state index in [2.05, 4.69) is 17.4 Å². The summed E-state index contributed by atoms with van der Waals surface area (Å²) < 4.78 is 10.8. The zero-order valence-electron chi connectivity index (χ0n) is 14.9. The van der Waals surface area contributed by atoms with Gasteiger partial charge in [0.25, 0.3) is 0 Å². The van der Waals surface area contributed by atoms with Crippen LogP contribution in [-0.4, -0.2) is 19.6 Å². The zero-order chi connectivity index (χ0) is 18.4. The molecule has 1 N–H and O–H groups in total. The molecule has 132 valence electrons. The molecule has 4 nitrogen and oxygen atoms in total. The molecule has 0 aromatic heterocycles. The highest BCUT2D eigenvalue weighted by molar-refractivity contribution is 6.03. The van der Waals surface area contributed by atoms with Crippen molar-refractivity contribution in [1.82, 2.24) is 0 Å². The van der Waals surface area contributed by atoms with Crippen molar-refractivity contribution in [3.05, 3.63) is 72.3 Å². The van der Waals surface area contributed by atoms with Crippen LogP contribution in [0.25, 0.3) is 16.8 Å². The number of nitrogens with one attached hydrogen (secondary N) is 1. The summed E-state index contributed by atoms with van der Waals surface area (Å²) >= 11 is 0. The van der Waals surface area contributed by atoms with E-state index in [1.54, 1.807) is 25.3 Å². The predicted molar refractivity (Wildman–Crippen MR) is 106 cm³/mol. The summed E-state index contributed by atoms with van der Waals surface area (Å²) in [5.41, 5.74) is 1.65. The number of carbonyl (C=O) groups excluding carboxylic acids is 1. The standard InChI is InChI=1S/C22H21NO3/c1-3-26-20-13-12-18(15-21(20)25-2)23-22(24)14-11-17-9-6-8-16-7-4-5-10-19(16)17/h4-15H,3H2,1-2H3,(H,23,24)/b14-11+. The number of methoxy groups -OCH3 is 1. The first-order chi connectivity index (χ1) is 12.7. The smallest absolute Gasteiger partial charge is 0.248 e. The second-order valence-corrected chi connectivity index (χ2v) is 5.69. The minimum Gasteiger partial charge on any atom is -0.493 e. The fourth-order valence-electron chi connectivity index (χ4n) is 2.77. The monoisotopic (exact) mass is 347 g/mol. The second kappa shape index (κ2) is 8.21. The lowest BCUT2D eigenvalue weighted by molar-refractivity contribution is -0.111. The van der Waals surface area contributed by atoms with Crippen molar-refractivity contribution in [2.24, 2.45) is 0 Å². The first kappa shape index (κ1) is 17.5. The molecule has 0 fully saturated rings. The van der Waals surface area contributed by atoms with Gasteiger partial charge >= 0.3 is 0 Å². The Bertz CT molecular complexity index is 942. The first-order valence-corrected chi connectivity index (χ1v) is 8.49. The lowest BCUT2D eigenvalue weighted by Crippen LogP contribution is -2.08. The van der Waals surface area contributed by atoms with Gasteiger partial charge in [-0.05, 0) is 41.5 Å². The van der Waals surface area contributed by atoms with E-state index in [1.165, 1.54) is 6.08 Å². The van der Waals surface area contributed by atoms with Crippen LogP contribution in [0.1, 0.15) is 12.5 Å². The molecular weight excluding hydrogens is 326 g/mol. The predicted octanol–water partition coefficient (Wildman–Crippen LogP) is 4.90. The van der Waals surface area contributed by atoms with Crippen molar-refractivity contribution < 1.29 is 14.3 Å². The van der Waals surface area contributed by atoms with Gasteiger partial charge in [-0.25, -0.2) is 0 Å². The highest BCUT2D eigenvalue weighted by Gasteiger charge is 2.06. The summed E-state index contributed by atoms with van der Waals surface area (Å²) in [6.45, 7) is 2.46. The topological polar surface area (TPSA) is 47.6 Å². The molecule has 0 atom stereocenters. The average molecular weight is 347 g/mol. The molecule has 0 bridgehead atoms. The van der Waals surface area contributed by atoms with Gasteiger partial charge in [-0.15, -0.1) is 0 Å². The summed E-state index contributed by atoms with van der Waals surface area (Å²) in [5, 5.41) is 5.10. The number of hydrogen-bond donors (Lipinski definition) is 1. The average Bonchev–Trinajstić information content (AvgIpc) is 2.67. The number of amides is 1. The molecule has 3 rings (SSSR count). The Hall–Kier alpha value is -3.27.